The molecule has 0 radical (unpaired) electrons. The SMILES string of the molecule is C[C@H](Oc1ccc(I)cc1)C(=O)c1cccc(Cl)c1. The molecule has 4 heteroatoms. The number of carbonyl (C=O) groups is 1. The van der Waals surface area contributed by atoms with Gasteiger partial charge in [-0.05, 0) is 65.9 Å². The van der Waals surface area contributed by atoms with E-state index in [4.69, 9.17) is 16.3 Å². The van der Waals surface area contributed by atoms with Gasteiger partial charge in [-0.2, -0.15) is 0 Å². The Labute approximate surface area is 130 Å². The van der Waals surface area contributed by atoms with Crippen LogP contribution in [-0.2, 0) is 0 Å². The lowest BCUT2D eigenvalue weighted by molar-refractivity contribution is 0.0818. The average Bonchev–Trinajstić information content (AvgIpc) is 2.40. The van der Waals surface area contributed by atoms with Gasteiger partial charge in [0.2, 0.25) is 5.78 Å². The molecule has 0 fully saturated rings. The highest BCUT2D eigenvalue weighted by Gasteiger charge is 2.17. The van der Waals surface area contributed by atoms with Crippen molar-refractivity contribution >= 4 is 40.0 Å². The van der Waals surface area contributed by atoms with Gasteiger partial charge in [-0.3, -0.25) is 4.79 Å². The molecule has 0 aromatic heterocycles. The zero-order valence-corrected chi connectivity index (χ0v) is 13.2. The number of halogens is 2. The van der Waals surface area contributed by atoms with E-state index in [1.165, 1.54) is 0 Å². The maximum absolute atomic E-state index is 12.2. The molecule has 98 valence electrons. The van der Waals surface area contributed by atoms with Crippen LogP contribution < -0.4 is 4.74 Å². The number of rotatable bonds is 4. The second-order valence-electron chi connectivity index (χ2n) is 4.09. The molecule has 0 N–H and O–H groups in total. The van der Waals surface area contributed by atoms with E-state index in [9.17, 15) is 4.79 Å². The van der Waals surface area contributed by atoms with Crippen molar-refractivity contribution in [3.8, 4) is 5.75 Å². The average molecular weight is 387 g/mol. The van der Waals surface area contributed by atoms with Gasteiger partial charge in [-0.1, -0.05) is 23.7 Å². The molecule has 0 heterocycles. The monoisotopic (exact) mass is 386 g/mol. The molecule has 0 saturated heterocycles. The van der Waals surface area contributed by atoms with Gasteiger partial charge >= 0.3 is 0 Å². The highest BCUT2D eigenvalue weighted by Crippen LogP contribution is 2.18. The van der Waals surface area contributed by atoms with E-state index in [1.54, 1.807) is 31.2 Å². The first kappa shape index (κ1) is 14.3. The van der Waals surface area contributed by atoms with Crippen molar-refractivity contribution in [3.63, 3.8) is 0 Å². The number of ether oxygens (including phenoxy) is 1. The fourth-order valence-electron chi connectivity index (χ4n) is 1.65. The molecule has 2 aromatic rings. The maximum Gasteiger partial charge on any atom is 0.203 e. The van der Waals surface area contributed by atoms with Crippen LogP contribution in [0.25, 0.3) is 0 Å². The lowest BCUT2D eigenvalue weighted by Gasteiger charge is -2.13. The van der Waals surface area contributed by atoms with Gasteiger partial charge in [0.1, 0.15) is 5.75 Å². The number of carbonyl (C=O) groups excluding carboxylic acids is 1. The van der Waals surface area contributed by atoms with Crippen molar-refractivity contribution in [1.82, 2.24) is 0 Å². The van der Waals surface area contributed by atoms with E-state index in [-0.39, 0.29) is 5.78 Å². The molecule has 2 rings (SSSR count). The Morgan fingerprint density at radius 2 is 1.89 bits per heavy atom. The van der Waals surface area contributed by atoms with Gasteiger partial charge < -0.3 is 4.74 Å². The third-order valence-corrected chi connectivity index (χ3v) is 3.56. The summed E-state index contributed by atoms with van der Waals surface area (Å²) in [5.74, 6) is 0.601. The minimum absolute atomic E-state index is 0.0824. The van der Waals surface area contributed by atoms with E-state index in [2.05, 4.69) is 22.6 Å². The van der Waals surface area contributed by atoms with Crippen LogP contribution in [0.2, 0.25) is 5.02 Å². The summed E-state index contributed by atoms with van der Waals surface area (Å²) in [6, 6.07) is 14.5. The number of hydrogen-bond acceptors (Lipinski definition) is 2. The summed E-state index contributed by atoms with van der Waals surface area (Å²) in [6.07, 6.45) is -0.543. The van der Waals surface area contributed by atoms with Crippen molar-refractivity contribution in [2.75, 3.05) is 0 Å². The van der Waals surface area contributed by atoms with Crippen molar-refractivity contribution in [2.45, 2.75) is 13.0 Å². The quantitative estimate of drug-likeness (QED) is 0.567. The number of hydrogen-bond donors (Lipinski definition) is 0. The predicted molar refractivity (Wildman–Crippen MR) is 85.0 cm³/mol. The Bertz CT molecular complexity index is 581. The molecule has 0 aliphatic carbocycles. The van der Waals surface area contributed by atoms with Crippen LogP contribution in [0.4, 0.5) is 0 Å². The summed E-state index contributed by atoms with van der Waals surface area (Å²) in [4.78, 5) is 12.2. The van der Waals surface area contributed by atoms with Crippen LogP contribution in [0.1, 0.15) is 17.3 Å². The Morgan fingerprint density at radius 1 is 1.21 bits per heavy atom. The van der Waals surface area contributed by atoms with Gasteiger partial charge in [0.15, 0.2) is 6.10 Å². The molecular formula is C15H12ClIO2. The molecule has 0 aliphatic rings. The third kappa shape index (κ3) is 3.94. The van der Waals surface area contributed by atoms with Crippen LogP contribution in [0, 0.1) is 3.57 Å². The van der Waals surface area contributed by atoms with Crippen molar-refractivity contribution in [2.24, 2.45) is 0 Å². The zero-order valence-electron chi connectivity index (χ0n) is 10.3. The van der Waals surface area contributed by atoms with Crippen molar-refractivity contribution in [1.29, 1.82) is 0 Å². The van der Waals surface area contributed by atoms with Crippen LogP contribution in [-0.4, -0.2) is 11.9 Å². The molecule has 0 aliphatic heterocycles. The fourth-order valence-corrected chi connectivity index (χ4v) is 2.20. The lowest BCUT2D eigenvalue weighted by atomic mass is 10.1. The van der Waals surface area contributed by atoms with Gasteiger partial charge in [0.25, 0.3) is 0 Å². The smallest absolute Gasteiger partial charge is 0.203 e. The van der Waals surface area contributed by atoms with E-state index in [0.29, 0.717) is 16.3 Å². The van der Waals surface area contributed by atoms with E-state index < -0.39 is 6.10 Å². The van der Waals surface area contributed by atoms with Gasteiger partial charge in [0.05, 0.1) is 0 Å². The Kier molecular flexibility index (Phi) is 4.82. The standard InChI is InChI=1S/C15H12ClIO2/c1-10(19-14-7-5-13(17)6-8-14)15(18)11-3-2-4-12(16)9-11/h2-10H,1H3/t10-/m0/s1. The van der Waals surface area contributed by atoms with Crippen LogP contribution in [0.3, 0.4) is 0 Å². The van der Waals surface area contributed by atoms with Gasteiger partial charge in [-0.25, -0.2) is 0 Å². The first-order chi connectivity index (χ1) is 9.06. The van der Waals surface area contributed by atoms with E-state index in [0.717, 1.165) is 3.57 Å². The molecule has 0 amide bonds. The van der Waals surface area contributed by atoms with Gasteiger partial charge in [-0.15, -0.1) is 0 Å². The Hall–Kier alpha value is -1.07. The zero-order chi connectivity index (χ0) is 13.8. The summed E-state index contributed by atoms with van der Waals surface area (Å²) in [7, 11) is 0. The first-order valence-corrected chi connectivity index (χ1v) is 7.24. The van der Waals surface area contributed by atoms with Crippen LogP contribution in [0.5, 0.6) is 5.75 Å². The lowest BCUT2D eigenvalue weighted by Crippen LogP contribution is -2.23. The van der Waals surface area contributed by atoms with E-state index >= 15 is 0 Å². The largest absolute Gasteiger partial charge is 0.483 e. The second kappa shape index (κ2) is 6.39. The highest BCUT2D eigenvalue weighted by atomic mass is 127. The molecule has 0 saturated carbocycles. The Balaban J connectivity index is 2.09. The fraction of sp³-hybridized carbons (Fsp3) is 0.133. The molecule has 1 atom stereocenters. The highest BCUT2D eigenvalue weighted by molar-refractivity contribution is 14.1. The molecule has 2 nitrogen and oxygen atoms in total. The minimum Gasteiger partial charge on any atom is -0.483 e. The predicted octanol–water partition coefficient (Wildman–Crippen LogP) is 4.59. The van der Waals surface area contributed by atoms with Crippen LogP contribution in [0.15, 0.2) is 48.5 Å². The first-order valence-electron chi connectivity index (χ1n) is 5.78. The number of ketones is 1. The summed E-state index contributed by atoms with van der Waals surface area (Å²) < 4.78 is 6.75. The van der Waals surface area contributed by atoms with Crippen molar-refractivity contribution in [3.05, 3.63) is 62.7 Å². The molecule has 0 unspecified atom stereocenters. The molecule has 2 aromatic carbocycles. The van der Waals surface area contributed by atoms with Crippen LogP contribution >= 0.6 is 34.2 Å². The van der Waals surface area contributed by atoms with E-state index in [1.807, 2.05) is 24.3 Å². The van der Waals surface area contributed by atoms with Gasteiger partial charge in [0, 0.05) is 14.2 Å². The third-order valence-electron chi connectivity index (χ3n) is 2.60. The molecular weight excluding hydrogens is 375 g/mol. The minimum atomic E-state index is -0.543. The summed E-state index contributed by atoms with van der Waals surface area (Å²) in [6.45, 7) is 1.74. The van der Waals surface area contributed by atoms with Crippen molar-refractivity contribution < 1.29 is 9.53 Å². The summed E-state index contributed by atoms with van der Waals surface area (Å²) in [5.41, 5.74) is 0.561. The summed E-state index contributed by atoms with van der Waals surface area (Å²) >= 11 is 8.10. The molecule has 0 spiro atoms. The summed E-state index contributed by atoms with van der Waals surface area (Å²) in [5, 5.41) is 0.548. The molecule has 19 heavy (non-hydrogen) atoms. The molecule has 0 bridgehead atoms. The normalized spacial score (nSPS) is 11.9. The topological polar surface area (TPSA) is 26.3 Å². The second-order valence-corrected chi connectivity index (χ2v) is 5.77. The Morgan fingerprint density at radius 3 is 2.53 bits per heavy atom. The maximum atomic E-state index is 12.2. The number of Topliss-reactive ketones (excluding diaryl/α,β-unsaturated/α-hetero) is 1. The number of benzene rings is 2.